The lowest BCUT2D eigenvalue weighted by molar-refractivity contribution is 0.146. The van der Waals surface area contributed by atoms with Gasteiger partial charge in [0.15, 0.2) is 15.8 Å². The second-order valence-corrected chi connectivity index (χ2v) is 10.7. The number of hydrogen-bond donors (Lipinski definition) is 1. The second kappa shape index (κ2) is 8.71. The number of nitrogens with zero attached hydrogens (tertiary/aromatic N) is 3. The van der Waals surface area contributed by atoms with Crippen molar-refractivity contribution in [3.8, 4) is 0 Å². The van der Waals surface area contributed by atoms with Gasteiger partial charge in [0.25, 0.3) is 0 Å². The molecule has 2 aliphatic rings. The first-order valence-electron chi connectivity index (χ1n) is 9.72. The summed E-state index contributed by atoms with van der Waals surface area (Å²) in [6, 6.07) is 0.554. The number of guanidine groups is 1. The molecule has 1 atom stereocenters. The van der Waals surface area contributed by atoms with Gasteiger partial charge in [0.1, 0.15) is 0 Å². The maximum absolute atomic E-state index is 12.2. The Hall–Kier alpha value is -0.820. The fourth-order valence-corrected chi connectivity index (χ4v) is 5.18. The summed E-state index contributed by atoms with van der Waals surface area (Å²) in [6.45, 7) is 10.2. The zero-order chi connectivity index (χ0) is 18.5. The molecular weight excluding hydrogens is 336 g/mol. The first-order chi connectivity index (χ1) is 11.8. The van der Waals surface area contributed by atoms with E-state index in [1.807, 2.05) is 13.8 Å². The Kier molecular flexibility index (Phi) is 7.14. The number of aliphatic imine (C=N–C) groups is 1. The average molecular weight is 373 g/mol. The molecule has 1 N–H and O–H groups in total. The number of rotatable bonds is 5. The highest BCUT2D eigenvalue weighted by Crippen LogP contribution is 2.24. The van der Waals surface area contributed by atoms with Crippen LogP contribution in [0.4, 0.5) is 0 Å². The van der Waals surface area contributed by atoms with Crippen molar-refractivity contribution in [2.45, 2.75) is 63.7 Å². The largest absolute Gasteiger partial charge is 0.355 e. The molecule has 0 aromatic heterocycles. The maximum atomic E-state index is 12.2. The molecule has 146 valence electrons. The lowest BCUT2D eigenvalue weighted by atomic mass is 10.0. The smallest absolute Gasteiger partial charge is 0.193 e. The van der Waals surface area contributed by atoms with Crippen LogP contribution in [0.2, 0.25) is 0 Å². The van der Waals surface area contributed by atoms with E-state index in [-0.39, 0.29) is 5.75 Å². The summed E-state index contributed by atoms with van der Waals surface area (Å²) in [7, 11) is -1.24. The molecule has 2 heterocycles. The van der Waals surface area contributed by atoms with Crippen LogP contribution in [0.15, 0.2) is 4.99 Å². The van der Waals surface area contributed by atoms with Crippen LogP contribution in [-0.2, 0) is 9.84 Å². The molecule has 25 heavy (non-hydrogen) atoms. The minimum Gasteiger partial charge on any atom is -0.355 e. The molecule has 0 aromatic rings. The summed E-state index contributed by atoms with van der Waals surface area (Å²) in [5.74, 6) is 1.04. The van der Waals surface area contributed by atoms with Crippen LogP contribution in [0.1, 0.15) is 52.9 Å². The molecule has 1 unspecified atom stereocenters. The summed E-state index contributed by atoms with van der Waals surface area (Å²) in [5, 5.41) is 3.52. The van der Waals surface area contributed by atoms with E-state index in [2.05, 4.69) is 27.0 Å². The molecule has 7 heteroatoms. The third-order valence-electron chi connectivity index (χ3n) is 5.60. The quantitative estimate of drug-likeness (QED) is 0.588. The van der Waals surface area contributed by atoms with Crippen LogP contribution in [0.5, 0.6) is 0 Å². The van der Waals surface area contributed by atoms with Crippen molar-refractivity contribution in [3.05, 3.63) is 0 Å². The van der Waals surface area contributed by atoms with E-state index in [0.717, 1.165) is 12.5 Å². The topological polar surface area (TPSA) is 65.0 Å². The summed E-state index contributed by atoms with van der Waals surface area (Å²) >= 11 is 0. The molecule has 0 spiro atoms. The molecule has 0 bridgehead atoms. The molecule has 6 nitrogen and oxygen atoms in total. The van der Waals surface area contributed by atoms with E-state index in [9.17, 15) is 8.42 Å². The first-order valence-corrected chi connectivity index (χ1v) is 11.4. The number of likely N-dealkylation sites (tertiary alicyclic amines) is 1. The number of unbranched alkanes of at least 4 members (excludes halogenated alkanes) is 1. The molecule has 2 fully saturated rings. The van der Waals surface area contributed by atoms with Gasteiger partial charge in [-0.15, -0.1) is 0 Å². The Morgan fingerprint density at radius 1 is 1.28 bits per heavy atom. The third-order valence-corrected chi connectivity index (χ3v) is 8.13. The van der Waals surface area contributed by atoms with E-state index in [1.54, 1.807) is 7.05 Å². The molecule has 2 aliphatic heterocycles. The summed E-state index contributed by atoms with van der Waals surface area (Å²) in [6.07, 6.45) is 6.31. The van der Waals surface area contributed by atoms with E-state index >= 15 is 0 Å². The fraction of sp³-hybridized carbons (Fsp3) is 0.944. The fourth-order valence-electron chi connectivity index (χ4n) is 3.81. The van der Waals surface area contributed by atoms with E-state index < -0.39 is 14.6 Å². The van der Waals surface area contributed by atoms with E-state index in [0.29, 0.717) is 19.1 Å². The Morgan fingerprint density at radius 3 is 2.68 bits per heavy atom. The van der Waals surface area contributed by atoms with Crippen molar-refractivity contribution in [2.24, 2.45) is 4.99 Å². The van der Waals surface area contributed by atoms with Crippen molar-refractivity contribution in [1.29, 1.82) is 0 Å². The van der Waals surface area contributed by atoms with Crippen LogP contribution in [0, 0.1) is 0 Å². The lowest BCUT2D eigenvalue weighted by Crippen LogP contribution is -2.58. The van der Waals surface area contributed by atoms with Gasteiger partial charge in [-0.25, -0.2) is 8.42 Å². The predicted octanol–water partition coefficient (Wildman–Crippen LogP) is 1.73. The van der Waals surface area contributed by atoms with Crippen molar-refractivity contribution >= 4 is 15.8 Å². The van der Waals surface area contributed by atoms with Crippen molar-refractivity contribution in [2.75, 3.05) is 45.5 Å². The number of nitrogens with one attached hydrogen (secondary N) is 1. The van der Waals surface area contributed by atoms with Crippen LogP contribution in [-0.4, -0.2) is 80.5 Å². The Balaban J connectivity index is 1.93. The molecule has 0 radical (unpaired) electrons. The highest BCUT2D eigenvalue weighted by molar-refractivity contribution is 7.92. The highest BCUT2D eigenvalue weighted by atomic mass is 32.2. The normalized spacial score (nSPS) is 27.3. The van der Waals surface area contributed by atoms with Gasteiger partial charge >= 0.3 is 0 Å². The Bertz CT molecular complexity index is 559. The Labute approximate surface area is 154 Å². The van der Waals surface area contributed by atoms with Gasteiger partial charge in [-0.3, -0.25) is 9.89 Å². The van der Waals surface area contributed by atoms with Crippen molar-refractivity contribution in [1.82, 2.24) is 15.1 Å². The SMILES string of the molecule is CCCCN1CCCCC1CNC(=NC)N1CCS(=O)(=O)C(C)(C)C1. The summed E-state index contributed by atoms with van der Waals surface area (Å²) in [4.78, 5) is 9.12. The number of sulfone groups is 1. The van der Waals surface area contributed by atoms with Gasteiger partial charge in [-0.1, -0.05) is 19.8 Å². The van der Waals surface area contributed by atoms with Crippen molar-refractivity contribution in [3.63, 3.8) is 0 Å². The van der Waals surface area contributed by atoms with Gasteiger partial charge < -0.3 is 10.2 Å². The van der Waals surface area contributed by atoms with Gasteiger partial charge in [0.2, 0.25) is 0 Å². The van der Waals surface area contributed by atoms with Crippen LogP contribution >= 0.6 is 0 Å². The van der Waals surface area contributed by atoms with E-state index in [1.165, 1.54) is 45.2 Å². The monoisotopic (exact) mass is 372 g/mol. The molecule has 2 rings (SSSR count). The minimum absolute atomic E-state index is 0.201. The standard InChI is InChI=1S/C18H36N4O2S/c1-5-6-10-21-11-8-7-9-16(21)14-20-17(19-4)22-12-13-25(23,24)18(2,3)15-22/h16H,5-15H2,1-4H3,(H,19,20). The summed E-state index contributed by atoms with van der Waals surface area (Å²) in [5.41, 5.74) is 0. The second-order valence-electron chi connectivity index (χ2n) is 7.97. The number of piperidine rings is 1. The van der Waals surface area contributed by atoms with Gasteiger partial charge in [0, 0.05) is 32.7 Å². The Morgan fingerprint density at radius 2 is 2.04 bits per heavy atom. The molecule has 2 saturated heterocycles. The first kappa shape index (κ1) is 20.5. The van der Waals surface area contributed by atoms with Gasteiger partial charge in [0.05, 0.1) is 10.5 Å². The molecule has 0 saturated carbocycles. The molecule has 0 aromatic carbocycles. The zero-order valence-electron chi connectivity index (χ0n) is 16.4. The van der Waals surface area contributed by atoms with Gasteiger partial charge in [-0.05, 0) is 46.2 Å². The van der Waals surface area contributed by atoms with E-state index in [4.69, 9.17) is 0 Å². The van der Waals surface area contributed by atoms with Crippen LogP contribution < -0.4 is 5.32 Å². The van der Waals surface area contributed by atoms with Crippen LogP contribution in [0.3, 0.4) is 0 Å². The average Bonchev–Trinajstić information content (AvgIpc) is 2.57. The molecule has 0 amide bonds. The summed E-state index contributed by atoms with van der Waals surface area (Å²) < 4.78 is 23.7. The van der Waals surface area contributed by atoms with Gasteiger partial charge in [-0.2, -0.15) is 0 Å². The lowest BCUT2D eigenvalue weighted by Gasteiger charge is -2.40. The zero-order valence-corrected chi connectivity index (χ0v) is 17.2. The highest BCUT2D eigenvalue weighted by Gasteiger charge is 2.41. The van der Waals surface area contributed by atoms with Crippen LogP contribution in [0.25, 0.3) is 0 Å². The predicted molar refractivity (Wildman–Crippen MR) is 105 cm³/mol. The minimum atomic E-state index is -3.02. The number of hydrogen-bond acceptors (Lipinski definition) is 4. The maximum Gasteiger partial charge on any atom is 0.193 e. The third kappa shape index (κ3) is 5.09. The van der Waals surface area contributed by atoms with Crippen molar-refractivity contribution < 1.29 is 8.42 Å². The molecule has 0 aliphatic carbocycles. The molecular formula is C18H36N4O2S.